The van der Waals surface area contributed by atoms with Gasteiger partial charge in [-0.3, -0.25) is 0 Å². The van der Waals surface area contributed by atoms with Gasteiger partial charge < -0.3 is 4.90 Å². The smallest absolute Gasteiger partial charge is 0.135 e. The molecule has 0 unspecified atom stereocenters. The van der Waals surface area contributed by atoms with Gasteiger partial charge in [-0.15, -0.1) is 0 Å². The number of halogens is 2. The van der Waals surface area contributed by atoms with Crippen molar-refractivity contribution in [1.82, 2.24) is 4.90 Å². The van der Waals surface area contributed by atoms with Crippen molar-refractivity contribution in [3.63, 3.8) is 0 Å². The summed E-state index contributed by atoms with van der Waals surface area (Å²) in [7, 11) is 0. The van der Waals surface area contributed by atoms with E-state index in [9.17, 15) is 8.78 Å². The highest BCUT2D eigenvalue weighted by Gasteiger charge is 2.26. The summed E-state index contributed by atoms with van der Waals surface area (Å²) in [6, 6.07) is 12.3. The Morgan fingerprint density at radius 2 is 1.54 bits per heavy atom. The van der Waals surface area contributed by atoms with Gasteiger partial charge in [-0.25, -0.2) is 8.78 Å². The molecule has 0 amide bonds. The van der Waals surface area contributed by atoms with Crippen LogP contribution in [0.2, 0.25) is 0 Å². The number of hydrogen-bond donors (Lipinski definition) is 0. The highest BCUT2D eigenvalue weighted by molar-refractivity contribution is 5.97. The fourth-order valence-corrected chi connectivity index (χ4v) is 3.05. The third kappa shape index (κ3) is 3.77. The zero-order chi connectivity index (χ0) is 19.3. The Kier molecular flexibility index (Phi) is 6.51. The minimum atomic E-state index is -0.558. The molecule has 1 aliphatic rings. The summed E-state index contributed by atoms with van der Waals surface area (Å²) < 4.78 is 29.3. The molecule has 3 heteroatoms. The molecule has 0 atom stereocenters. The third-order valence-electron chi connectivity index (χ3n) is 4.14. The lowest BCUT2D eigenvalue weighted by molar-refractivity contribution is 0.510. The highest BCUT2D eigenvalue weighted by Crippen LogP contribution is 2.38. The van der Waals surface area contributed by atoms with Gasteiger partial charge in [0.2, 0.25) is 0 Å². The van der Waals surface area contributed by atoms with Gasteiger partial charge in [0.25, 0.3) is 0 Å². The van der Waals surface area contributed by atoms with Crippen molar-refractivity contribution >= 4 is 11.3 Å². The predicted molar refractivity (Wildman–Crippen MR) is 106 cm³/mol. The summed E-state index contributed by atoms with van der Waals surface area (Å²) >= 11 is 0. The van der Waals surface area contributed by atoms with Crippen molar-refractivity contribution in [2.75, 3.05) is 6.54 Å². The molecule has 1 heterocycles. The van der Waals surface area contributed by atoms with Crippen LogP contribution in [0.1, 0.15) is 37.5 Å². The van der Waals surface area contributed by atoms with Crippen LogP contribution in [0.3, 0.4) is 0 Å². The molecule has 3 rings (SSSR count). The minimum absolute atomic E-state index is 0.00759. The van der Waals surface area contributed by atoms with Crippen molar-refractivity contribution in [2.45, 2.75) is 27.7 Å². The Labute approximate surface area is 155 Å². The number of benzene rings is 2. The Hall–Kier alpha value is -2.68. The second-order valence-electron chi connectivity index (χ2n) is 5.80. The van der Waals surface area contributed by atoms with E-state index in [1.807, 2.05) is 68.2 Å². The van der Waals surface area contributed by atoms with Crippen molar-refractivity contribution in [1.29, 1.82) is 0 Å². The minimum Gasteiger partial charge on any atom is -0.341 e. The molecule has 26 heavy (non-hydrogen) atoms. The lowest BCUT2D eigenvalue weighted by atomic mass is 9.94. The molecule has 0 spiro atoms. The quantitative estimate of drug-likeness (QED) is 0.603. The van der Waals surface area contributed by atoms with Gasteiger partial charge in [0.1, 0.15) is 11.6 Å². The standard InChI is InChI=1S/C21H19F2N.C2H6/c1-4-24-15(3)10-11-17(16-8-6-5-7-9-16)21(24)20-18(22)12-14(2)13-19(20)23;1-2/h5-13H,3-4H2,1-2H3;1-2H3. The second kappa shape index (κ2) is 8.61. The molecule has 0 radical (unpaired) electrons. The summed E-state index contributed by atoms with van der Waals surface area (Å²) in [5.74, 6) is -1.12. The molecule has 2 aromatic carbocycles. The molecule has 0 fully saturated rings. The van der Waals surface area contributed by atoms with Crippen molar-refractivity contribution in [2.24, 2.45) is 0 Å². The van der Waals surface area contributed by atoms with E-state index in [-0.39, 0.29) is 5.56 Å². The number of nitrogens with zero attached hydrogens (tertiary/aromatic N) is 1. The Morgan fingerprint density at radius 1 is 0.962 bits per heavy atom. The van der Waals surface area contributed by atoms with Crippen LogP contribution in [0, 0.1) is 18.6 Å². The number of allylic oxidation sites excluding steroid dienone is 3. The van der Waals surface area contributed by atoms with Crippen LogP contribution in [0.5, 0.6) is 0 Å². The first kappa shape index (κ1) is 19.6. The number of aryl methyl sites for hydroxylation is 1. The topological polar surface area (TPSA) is 3.24 Å². The van der Waals surface area contributed by atoms with E-state index < -0.39 is 11.6 Å². The molecule has 136 valence electrons. The molecule has 2 aromatic rings. The molecule has 0 aliphatic carbocycles. The van der Waals surface area contributed by atoms with E-state index in [2.05, 4.69) is 6.58 Å². The summed E-state index contributed by atoms with van der Waals surface area (Å²) in [4.78, 5) is 1.85. The zero-order valence-electron chi connectivity index (χ0n) is 15.8. The summed E-state index contributed by atoms with van der Waals surface area (Å²) in [6.45, 7) is 12.2. The van der Waals surface area contributed by atoms with Gasteiger partial charge >= 0.3 is 0 Å². The first-order chi connectivity index (χ1) is 12.5. The van der Waals surface area contributed by atoms with Crippen molar-refractivity contribution < 1.29 is 8.78 Å². The normalized spacial score (nSPS) is 13.6. The van der Waals surface area contributed by atoms with Crippen molar-refractivity contribution in [3.05, 3.63) is 95.2 Å². The average molecular weight is 353 g/mol. The lowest BCUT2D eigenvalue weighted by Gasteiger charge is -2.32. The van der Waals surface area contributed by atoms with Gasteiger partial charge in [0, 0.05) is 17.8 Å². The highest BCUT2D eigenvalue weighted by atomic mass is 19.1. The van der Waals surface area contributed by atoms with Crippen LogP contribution < -0.4 is 0 Å². The largest absolute Gasteiger partial charge is 0.341 e. The van der Waals surface area contributed by atoms with Gasteiger partial charge in [-0.2, -0.15) is 0 Å². The molecular weight excluding hydrogens is 328 g/mol. The van der Waals surface area contributed by atoms with E-state index in [1.54, 1.807) is 6.92 Å². The number of rotatable bonds is 3. The maximum absolute atomic E-state index is 14.7. The van der Waals surface area contributed by atoms with Crippen LogP contribution in [0.15, 0.2) is 66.9 Å². The first-order valence-corrected chi connectivity index (χ1v) is 8.93. The summed E-state index contributed by atoms with van der Waals surface area (Å²) in [5.41, 5.74) is 3.48. The molecular formula is C23H25F2N. The molecule has 0 saturated heterocycles. The molecule has 1 aliphatic heterocycles. The molecule has 0 aromatic heterocycles. The van der Waals surface area contributed by atoms with E-state index >= 15 is 0 Å². The predicted octanol–water partition coefficient (Wildman–Crippen LogP) is 6.57. The Balaban J connectivity index is 0.00000117. The monoisotopic (exact) mass is 353 g/mol. The maximum Gasteiger partial charge on any atom is 0.135 e. The van der Waals surface area contributed by atoms with E-state index in [0.29, 0.717) is 23.5 Å². The van der Waals surface area contributed by atoms with Crippen LogP contribution in [-0.4, -0.2) is 11.4 Å². The first-order valence-electron chi connectivity index (χ1n) is 8.93. The van der Waals surface area contributed by atoms with E-state index in [0.717, 1.165) is 11.1 Å². The number of likely N-dealkylation sites (N-methyl/N-ethyl adjacent to an activating group) is 1. The lowest BCUT2D eigenvalue weighted by Crippen LogP contribution is -2.24. The van der Waals surface area contributed by atoms with Crippen LogP contribution >= 0.6 is 0 Å². The second-order valence-corrected chi connectivity index (χ2v) is 5.80. The fourth-order valence-electron chi connectivity index (χ4n) is 3.05. The number of hydrogen-bond acceptors (Lipinski definition) is 1. The maximum atomic E-state index is 14.7. The van der Waals surface area contributed by atoms with E-state index in [1.165, 1.54) is 12.1 Å². The summed E-state index contributed by atoms with van der Waals surface area (Å²) in [5, 5.41) is 0. The molecule has 0 saturated carbocycles. The molecule has 1 nitrogen and oxygen atoms in total. The van der Waals surface area contributed by atoms with Gasteiger partial charge in [0.15, 0.2) is 0 Å². The van der Waals surface area contributed by atoms with Crippen molar-refractivity contribution in [3.8, 4) is 0 Å². The Morgan fingerprint density at radius 3 is 2.08 bits per heavy atom. The van der Waals surface area contributed by atoms with E-state index in [4.69, 9.17) is 0 Å². The fraction of sp³-hybridized carbons (Fsp3) is 0.217. The third-order valence-corrected chi connectivity index (χ3v) is 4.14. The average Bonchev–Trinajstić information content (AvgIpc) is 2.63. The van der Waals surface area contributed by atoms with Gasteiger partial charge in [-0.1, -0.05) is 56.8 Å². The zero-order valence-corrected chi connectivity index (χ0v) is 15.8. The summed E-state index contributed by atoms with van der Waals surface area (Å²) in [6.07, 6.45) is 3.75. The molecule has 0 N–H and O–H groups in total. The van der Waals surface area contributed by atoms with Crippen LogP contribution in [-0.2, 0) is 0 Å². The van der Waals surface area contributed by atoms with Crippen LogP contribution in [0.4, 0.5) is 8.78 Å². The van der Waals surface area contributed by atoms with Crippen LogP contribution in [0.25, 0.3) is 11.3 Å². The van der Waals surface area contributed by atoms with Gasteiger partial charge in [-0.05, 0) is 43.2 Å². The van der Waals surface area contributed by atoms with Gasteiger partial charge in [0.05, 0.1) is 11.3 Å². The molecule has 0 bridgehead atoms. The Bertz CT molecular complexity index is 825. The SMILES string of the molecule is C=C1C=CC(c2ccccc2)=C(c2c(F)cc(C)cc2F)N1CC.CC.